The van der Waals surface area contributed by atoms with E-state index in [0.29, 0.717) is 12.3 Å². The zero-order valence-corrected chi connectivity index (χ0v) is 11.4. The van der Waals surface area contributed by atoms with Gasteiger partial charge in [0.15, 0.2) is 0 Å². The summed E-state index contributed by atoms with van der Waals surface area (Å²) in [5, 5.41) is 11.9. The van der Waals surface area contributed by atoms with E-state index in [0.717, 1.165) is 30.9 Å². The van der Waals surface area contributed by atoms with E-state index in [-0.39, 0.29) is 0 Å². The molecule has 1 N–H and O–H groups in total. The quantitative estimate of drug-likeness (QED) is 0.459. The summed E-state index contributed by atoms with van der Waals surface area (Å²) in [7, 11) is 0. The number of hydrogen-bond donors (Lipinski definition) is 1. The van der Waals surface area contributed by atoms with Gasteiger partial charge in [0.2, 0.25) is 0 Å². The van der Waals surface area contributed by atoms with E-state index in [1.54, 1.807) is 6.92 Å². The van der Waals surface area contributed by atoms with E-state index >= 15 is 0 Å². The van der Waals surface area contributed by atoms with Crippen LogP contribution >= 0.6 is 0 Å². The summed E-state index contributed by atoms with van der Waals surface area (Å²) in [6.45, 7) is 9.71. The third-order valence-electron chi connectivity index (χ3n) is 2.97. The van der Waals surface area contributed by atoms with Gasteiger partial charge < -0.3 is 14.8 Å². The predicted octanol–water partition coefficient (Wildman–Crippen LogP) is 2.61. The molecule has 0 spiro atoms. The SMILES string of the molecule is CCN(CC)CCOc1cccc(/C(C)=N/O)c1. The maximum Gasteiger partial charge on any atom is 0.120 e. The molecule has 0 amide bonds. The maximum atomic E-state index is 8.73. The van der Waals surface area contributed by atoms with Crippen molar-refractivity contribution in [2.24, 2.45) is 5.16 Å². The van der Waals surface area contributed by atoms with Crippen molar-refractivity contribution < 1.29 is 9.94 Å². The van der Waals surface area contributed by atoms with E-state index in [1.807, 2.05) is 24.3 Å². The molecule has 4 nitrogen and oxygen atoms in total. The normalized spacial score (nSPS) is 11.9. The Kier molecular flexibility index (Phi) is 6.22. The van der Waals surface area contributed by atoms with E-state index in [9.17, 15) is 0 Å². The van der Waals surface area contributed by atoms with Crippen LogP contribution in [0.1, 0.15) is 26.3 Å². The predicted molar refractivity (Wildman–Crippen MR) is 73.7 cm³/mol. The molecule has 18 heavy (non-hydrogen) atoms. The molecule has 1 rings (SSSR count). The number of nitrogens with zero attached hydrogens (tertiary/aromatic N) is 2. The van der Waals surface area contributed by atoms with Crippen LogP contribution in [0.3, 0.4) is 0 Å². The van der Waals surface area contributed by atoms with Crippen LogP contribution in [0.4, 0.5) is 0 Å². The Morgan fingerprint density at radius 1 is 1.33 bits per heavy atom. The molecule has 4 heteroatoms. The first-order valence-corrected chi connectivity index (χ1v) is 6.35. The Morgan fingerprint density at radius 3 is 2.67 bits per heavy atom. The van der Waals surface area contributed by atoms with Gasteiger partial charge in [-0.05, 0) is 32.1 Å². The Hall–Kier alpha value is -1.55. The Morgan fingerprint density at radius 2 is 2.06 bits per heavy atom. The molecule has 0 atom stereocenters. The van der Waals surface area contributed by atoms with Gasteiger partial charge in [0.05, 0.1) is 5.71 Å². The second-order valence-corrected chi connectivity index (χ2v) is 4.09. The van der Waals surface area contributed by atoms with E-state index in [2.05, 4.69) is 23.9 Å². The average Bonchev–Trinajstić information content (AvgIpc) is 2.43. The van der Waals surface area contributed by atoms with Crippen molar-refractivity contribution in [3.63, 3.8) is 0 Å². The van der Waals surface area contributed by atoms with Gasteiger partial charge in [-0.25, -0.2) is 0 Å². The second kappa shape index (κ2) is 7.71. The summed E-state index contributed by atoms with van der Waals surface area (Å²) in [4.78, 5) is 2.31. The minimum absolute atomic E-state index is 0.587. The van der Waals surface area contributed by atoms with Crippen LogP contribution in [0.25, 0.3) is 0 Å². The van der Waals surface area contributed by atoms with Crippen LogP contribution in [-0.2, 0) is 0 Å². The van der Waals surface area contributed by atoms with Gasteiger partial charge >= 0.3 is 0 Å². The first-order valence-electron chi connectivity index (χ1n) is 6.35. The van der Waals surface area contributed by atoms with Crippen LogP contribution in [0, 0.1) is 0 Å². The minimum Gasteiger partial charge on any atom is -0.492 e. The second-order valence-electron chi connectivity index (χ2n) is 4.09. The third-order valence-corrected chi connectivity index (χ3v) is 2.97. The summed E-state index contributed by atoms with van der Waals surface area (Å²) >= 11 is 0. The molecule has 0 saturated heterocycles. The molecular weight excluding hydrogens is 228 g/mol. The van der Waals surface area contributed by atoms with Crippen molar-refractivity contribution in [2.75, 3.05) is 26.2 Å². The Labute approximate surface area is 109 Å². The molecule has 0 heterocycles. The van der Waals surface area contributed by atoms with Gasteiger partial charge in [-0.3, -0.25) is 0 Å². The van der Waals surface area contributed by atoms with Gasteiger partial charge in [0, 0.05) is 12.1 Å². The van der Waals surface area contributed by atoms with Crippen molar-refractivity contribution in [1.82, 2.24) is 4.90 Å². The van der Waals surface area contributed by atoms with Crippen molar-refractivity contribution in [1.29, 1.82) is 0 Å². The standard InChI is InChI=1S/C14H22N2O2/c1-4-16(5-2)9-10-18-14-8-6-7-13(11-14)12(3)15-17/h6-8,11,17H,4-5,9-10H2,1-3H3/b15-12+. The Bertz CT molecular complexity index is 387. The fourth-order valence-corrected chi connectivity index (χ4v) is 1.70. The number of hydrogen-bond acceptors (Lipinski definition) is 4. The zero-order valence-electron chi connectivity index (χ0n) is 11.4. The smallest absolute Gasteiger partial charge is 0.120 e. The fourth-order valence-electron chi connectivity index (χ4n) is 1.70. The summed E-state index contributed by atoms with van der Waals surface area (Å²) in [5.41, 5.74) is 1.46. The maximum absolute atomic E-state index is 8.73. The molecule has 0 saturated carbocycles. The molecule has 1 aromatic rings. The van der Waals surface area contributed by atoms with E-state index < -0.39 is 0 Å². The lowest BCUT2D eigenvalue weighted by atomic mass is 10.1. The van der Waals surface area contributed by atoms with Gasteiger partial charge in [-0.1, -0.05) is 31.1 Å². The van der Waals surface area contributed by atoms with Crippen molar-refractivity contribution in [3.05, 3.63) is 29.8 Å². The van der Waals surface area contributed by atoms with Gasteiger partial charge in [0.1, 0.15) is 12.4 Å². The first kappa shape index (κ1) is 14.5. The molecule has 100 valence electrons. The summed E-state index contributed by atoms with van der Waals surface area (Å²) in [6.07, 6.45) is 0. The van der Waals surface area contributed by atoms with Crippen LogP contribution in [0.2, 0.25) is 0 Å². The lowest BCUT2D eigenvalue weighted by Crippen LogP contribution is -2.27. The fraction of sp³-hybridized carbons (Fsp3) is 0.500. The van der Waals surface area contributed by atoms with E-state index in [1.165, 1.54) is 0 Å². The molecule has 0 aliphatic rings. The first-order chi connectivity index (χ1) is 8.71. The summed E-state index contributed by atoms with van der Waals surface area (Å²) in [5.74, 6) is 0.808. The van der Waals surface area contributed by atoms with E-state index in [4.69, 9.17) is 9.94 Å². The van der Waals surface area contributed by atoms with Crippen LogP contribution in [-0.4, -0.2) is 42.1 Å². The zero-order chi connectivity index (χ0) is 13.4. The number of rotatable bonds is 7. The molecule has 1 aromatic carbocycles. The minimum atomic E-state index is 0.587. The lowest BCUT2D eigenvalue weighted by molar-refractivity contribution is 0.223. The molecule has 0 bridgehead atoms. The summed E-state index contributed by atoms with van der Waals surface area (Å²) in [6, 6.07) is 7.59. The highest BCUT2D eigenvalue weighted by molar-refractivity contribution is 5.98. The van der Waals surface area contributed by atoms with Gasteiger partial charge in [-0.15, -0.1) is 0 Å². The van der Waals surface area contributed by atoms with Gasteiger partial charge in [0.25, 0.3) is 0 Å². The molecule has 0 unspecified atom stereocenters. The average molecular weight is 250 g/mol. The Balaban J connectivity index is 2.52. The third kappa shape index (κ3) is 4.37. The van der Waals surface area contributed by atoms with Crippen molar-refractivity contribution >= 4 is 5.71 Å². The summed E-state index contributed by atoms with van der Waals surface area (Å²) < 4.78 is 5.70. The highest BCUT2D eigenvalue weighted by Crippen LogP contribution is 2.14. The highest BCUT2D eigenvalue weighted by Gasteiger charge is 2.02. The largest absolute Gasteiger partial charge is 0.492 e. The van der Waals surface area contributed by atoms with Crippen molar-refractivity contribution in [3.8, 4) is 5.75 Å². The topological polar surface area (TPSA) is 45.1 Å². The molecule has 0 radical (unpaired) electrons. The van der Waals surface area contributed by atoms with Crippen LogP contribution in [0.5, 0.6) is 5.75 Å². The number of benzene rings is 1. The lowest BCUT2D eigenvalue weighted by Gasteiger charge is -2.18. The number of oxime groups is 1. The number of likely N-dealkylation sites (N-methyl/N-ethyl adjacent to an activating group) is 1. The van der Waals surface area contributed by atoms with Gasteiger partial charge in [-0.2, -0.15) is 0 Å². The van der Waals surface area contributed by atoms with Crippen molar-refractivity contribution in [2.45, 2.75) is 20.8 Å². The molecule has 0 aliphatic carbocycles. The molecular formula is C14H22N2O2. The molecule has 0 aromatic heterocycles. The molecule has 0 fully saturated rings. The molecule has 0 aliphatic heterocycles. The van der Waals surface area contributed by atoms with Crippen LogP contribution in [0.15, 0.2) is 29.4 Å². The van der Waals surface area contributed by atoms with Crippen LogP contribution < -0.4 is 4.74 Å². The number of ether oxygens (including phenoxy) is 1. The monoisotopic (exact) mass is 250 g/mol. The highest BCUT2D eigenvalue weighted by atomic mass is 16.5.